The van der Waals surface area contributed by atoms with Crippen LogP contribution in [0.2, 0.25) is 0 Å². The van der Waals surface area contributed by atoms with Crippen LogP contribution in [0.4, 0.5) is 5.82 Å². The maximum atomic E-state index is 9.53. The van der Waals surface area contributed by atoms with Crippen molar-refractivity contribution in [2.24, 2.45) is 0 Å². The molecule has 0 aliphatic heterocycles. The number of aliphatic hydroxyl groups is 1. The van der Waals surface area contributed by atoms with Gasteiger partial charge in [-0.2, -0.15) is 5.10 Å². The van der Waals surface area contributed by atoms with Crippen molar-refractivity contribution in [2.75, 3.05) is 5.32 Å². The van der Waals surface area contributed by atoms with Gasteiger partial charge < -0.3 is 10.4 Å². The third kappa shape index (κ3) is 3.09. The molecule has 2 heterocycles. The van der Waals surface area contributed by atoms with Crippen LogP contribution >= 0.6 is 0 Å². The molecule has 0 spiro atoms. The first-order chi connectivity index (χ1) is 12.1. The van der Waals surface area contributed by atoms with Crippen LogP contribution in [-0.4, -0.2) is 31.0 Å². The number of aliphatic hydroxyl groups excluding tert-OH is 1. The van der Waals surface area contributed by atoms with E-state index in [0.717, 1.165) is 47.9 Å². The maximum absolute atomic E-state index is 9.53. The average molecular weight is 337 g/mol. The van der Waals surface area contributed by atoms with Crippen LogP contribution in [0.5, 0.6) is 0 Å². The Hall–Kier alpha value is -2.47. The molecule has 4 rings (SSSR count). The summed E-state index contributed by atoms with van der Waals surface area (Å²) in [7, 11) is 0. The number of anilines is 1. The monoisotopic (exact) mass is 337 g/mol. The summed E-state index contributed by atoms with van der Waals surface area (Å²) in [5.74, 6) is 1.92. The number of rotatable bonds is 5. The second-order valence-corrected chi connectivity index (χ2v) is 6.68. The molecule has 2 N–H and O–H groups in total. The zero-order valence-corrected chi connectivity index (χ0v) is 14.6. The number of aromatic nitrogens is 4. The summed E-state index contributed by atoms with van der Waals surface area (Å²) in [6, 6.07) is 10.3. The highest BCUT2D eigenvalue weighted by atomic mass is 16.3. The summed E-state index contributed by atoms with van der Waals surface area (Å²) >= 11 is 0. The molecule has 25 heavy (non-hydrogen) atoms. The highest BCUT2D eigenvalue weighted by Crippen LogP contribution is 2.36. The van der Waals surface area contributed by atoms with Crippen molar-refractivity contribution >= 4 is 16.7 Å². The van der Waals surface area contributed by atoms with Gasteiger partial charge in [0.2, 0.25) is 0 Å². The van der Waals surface area contributed by atoms with E-state index >= 15 is 0 Å². The van der Waals surface area contributed by atoms with Crippen molar-refractivity contribution < 1.29 is 5.11 Å². The average Bonchev–Trinajstić information content (AvgIpc) is 2.95. The Morgan fingerprint density at radius 2 is 2.04 bits per heavy atom. The first-order valence-electron chi connectivity index (χ1n) is 8.86. The van der Waals surface area contributed by atoms with Crippen LogP contribution in [-0.2, 0) is 13.1 Å². The van der Waals surface area contributed by atoms with Crippen molar-refractivity contribution in [2.45, 2.75) is 51.8 Å². The van der Waals surface area contributed by atoms with Gasteiger partial charge in [0.15, 0.2) is 0 Å². The Balaban J connectivity index is 1.55. The van der Waals surface area contributed by atoms with E-state index in [0.29, 0.717) is 12.5 Å². The van der Waals surface area contributed by atoms with Gasteiger partial charge in [0, 0.05) is 29.6 Å². The predicted octanol–water partition coefficient (Wildman–Crippen LogP) is 3.01. The number of nitrogens with zero attached hydrogens (tertiary/aromatic N) is 4. The quantitative estimate of drug-likeness (QED) is 0.748. The summed E-state index contributed by atoms with van der Waals surface area (Å²) in [4.78, 5) is 9.03. The lowest BCUT2D eigenvalue weighted by Crippen LogP contribution is -2.27. The largest absolute Gasteiger partial charge is 0.393 e. The van der Waals surface area contributed by atoms with Gasteiger partial charge in [0.25, 0.3) is 0 Å². The molecule has 6 heteroatoms. The summed E-state index contributed by atoms with van der Waals surface area (Å²) in [5.41, 5.74) is 3.20. The number of para-hydroxylation sites is 1. The van der Waals surface area contributed by atoms with E-state index in [1.165, 1.54) is 5.39 Å². The van der Waals surface area contributed by atoms with Crippen molar-refractivity contribution in [3.05, 3.63) is 47.5 Å². The number of nitrogens with one attached hydrogen (secondary N) is 1. The molecular formula is C19H23N5O. The molecule has 0 radical (unpaired) electrons. The fourth-order valence-electron chi connectivity index (χ4n) is 3.46. The van der Waals surface area contributed by atoms with Gasteiger partial charge in [0.05, 0.1) is 23.9 Å². The first-order valence-corrected chi connectivity index (χ1v) is 8.86. The molecule has 6 nitrogen and oxygen atoms in total. The number of fused-ring (bicyclic) bond motifs is 1. The zero-order chi connectivity index (χ0) is 17.4. The van der Waals surface area contributed by atoms with Crippen LogP contribution in [0.25, 0.3) is 10.9 Å². The third-order valence-electron chi connectivity index (χ3n) is 4.86. The summed E-state index contributed by atoms with van der Waals surface area (Å²) in [6.07, 6.45) is 1.41. The normalized spacial score (nSPS) is 19.8. The van der Waals surface area contributed by atoms with Gasteiger partial charge in [-0.25, -0.2) is 9.97 Å². The second-order valence-electron chi connectivity index (χ2n) is 6.68. The molecule has 0 unspecified atom stereocenters. The Morgan fingerprint density at radius 3 is 2.80 bits per heavy atom. The van der Waals surface area contributed by atoms with E-state index in [4.69, 9.17) is 5.10 Å². The standard InChI is InChI=1S/C19H23N5O/c1-3-24-18-7-5-4-6-15(18)17(23-24)11-20-19-10-16(21-12(2)22-19)13-8-14(25)9-13/h4-7,10,13-14,25H,3,8-9,11H2,1-2H3,(H,20,21,22). The zero-order valence-electron chi connectivity index (χ0n) is 14.6. The molecule has 0 amide bonds. The molecule has 0 bridgehead atoms. The van der Waals surface area contributed by atoms with E-state index in [1.807, 2.05) is 29.8 Å². The Labute approximate surface area is 146 Å². The van der Waals surface area contributed by atoms with Gasteiger partial charge in [-0.3, -0.25) is 4.68 Å². The predicted molar refractivity (Wildman–Crippen MR) is 97.5 cm³/mol. The van der Waals surface area contributed by atoms with Crippen LogP contribution in [0.3, 0.4) is 0 Å². The minimum atomic E-state index is -0.180. The lowest BCUT2D eigenvalue weighted by atomic mass is 9.80. The Bertz CT molecular complexity index is 898. The number of benzene rings is 1. The Morgan fingerprint density at radius 1 is 1.24 bits per heavy atom. The van der Waals surface area contributed by atoms with E-state index in [-0.39, 0.29) is 6.10 Å². The van der Waals surface area contributed by atoms with Crippen LogP contribution in [0.15, 0.2) is 30.3 Å². The molecule has 2 aromatic heterocycles. The summed E-state index contributed by atoms with van der Waals surface area (Å²) < 4.78 is 2.03. The summed E-state index contributed by atoms with van der Waals surface area (Å²) in [6.45, 7) is 5.48. The molecule has 1 saturated carbocycles. The Kier molecular flexibility index (Phi) is 4.13. The van der Waals surface area contributed by atoms with E-state index in [9.17, 15) is 5.11 Å². The fraction of sp³-hybridized carbons (Fsp3) is 0.421. The smallest absolute Gasteiger partial charge is 0.130 e. The highest BCUT2D eigenvalue weighted by Gasteiger charge is 2.30. The van der Waals surface area contributed by atoms with Crippen molar-refractivity contribution in [1.29, 1.82) is 0 Å². The SMILES string of the molecule is CCn1nc(CNc2cc(C3CC(O)C3)nc(C)n2)c2ccccc21. The van der Waals surface area contributed by atoms with Crippen molar-refractivity contribution in [3.63, 3.8) is 0 Å². The molecule has 1 aromatic carbocycles. The van der Waals surface area contributed by atoms with Crippen molar-refractivity contribution in [1.82, 2.24) is 19.7 Å². The number of hydrogen-bond donors (Lipinski definition) is 2. The molecule has 130 valence electrons. The maximum Gasteiger partial charge on any atom is 0.130 e. The number of aryl methyl sites for hydroxylation is 2. The van der Waals surface area contributed by atoms with Crippen LogP contribution < -0.4 is 5.32 Å². The minimum absolute atomic E-state index is 0.180. The molecular weight excluding hydrogens is 314 g/mol. The van der Waals surface area contributed by atoms with Gasteiger partial charge >= 0.3 is 0 Å². The molecule has 0 atom stereocenters. The van der Waals surface area contributed by atoms with Crippen LogP contribution in [0.1, 0.15) is 42.9 Å². The van der Waals surface area contributed by atoms with E-state index in [1.54, 1.807) is 0 Å². The van der Waals surface area contributed by atoms with Gasteiger partial charge in [-0.05, 0) is 32.8 Å². The second kappa shape index (κ2) is 6.44. The van der Waals surface area contributed by atoms with Gasteiger partial charge in [0.1, 0.15) is 11.6 Å². The highest BCUT2D eigenvalue weighted by molar-refractivity contribution is 5.82. The first kappa shape index (κ1) is 16.0. The lowest BCUT2D eigenvalue weighted by molar-refractivity contribution is 0.0731. The number of hydrogen-bond acceptors (Lipinski definition) is 5. The molecule has 1 fully saturated rings. The van der Waals surface area contributed by atoms with Crippen molar-refractivity contribution in [3.8, 4) is 0 Å². The van der Waals surface area contributed by atoms with E-state index < -0.39 is 0 Å². The minimum Gasteiger partial charge on any atom is -0.393 e. The molecule has 0 saturated heterocycles. The van der Waals surface area contributed by atoms with Gasteiger partial charge in [-0.1, -0.05) is 18.2 Å². The molecule has 1 aliphatic rings. The molecule has 3 aromatic rings. The third-order valence-corrected chi connectivity index (χ3v) is 4.86. The van der Waals surface area contributed by atoms with E-state index in [2.05, 4.69) is 34.3 Å². The van der Waals surface area contributed by atoms with Crippen LogP contribution in [0, 0.1) is 6.92 Å². The summed E-state index contributed by atoms with van der Waals surface area (Å²) in [5, 5.41) is 18.8. The van der Waals surface area contributed by atoms with Gasteiger partial charge in [-0.15, -0.1) is 0 Å². The fourth-order valence-corrected chi connectivity index (χ4v) is 3.46. The topological polar surface area (TPSA) is 75.9 Å². The molecule has 1 aliphatic carbocycles. The lowest BCUT2D eigenvalue weighted by Gasteiger charge is -2.31.